The highest BCUT2D eigenvalue weighted by Crippen LogP contribution is 2.28. The van der Waals surface area contributed by atoms with Crippen molar-refractivity contribution in [3.63, 3.8) is 0 Å². The normalized spacial score (nSPS) is 16.0. The van der Waals surface area contributed by atoms with Crippen molar-refractivity contribution in [2.24, 2.45) is 11.0 Å². The highest BCUT2D eigenvalue weighted by atomic mass is 16.4. The van der Waals surface area contributed by atoms with E-state index in [1.165, 1.54) is 5.56 Å². The van der Waals surface area contributed by atoms with Crippen molar-refractivity contribution >= 4 is 23.9 Å². The Hall–Kier alpha value is -2.10. The zero-order valence-corrected chi connectivity index (χ0v) is 9.34. The number of hydrogen-bond donors (Lipinski definition) is 2. The van der Waals surface area contributed by atoms with Gasteiger partial charge in [-0.05, 0) is 30.5 Å². The van der Waals surface area contributed by atoms with Crippen LogP contribution in [0.3, 0.4) is 0 Å². The number of carbonyl (C=O) groups is 1. The van der Waals surface area contributed by atoms with Crippen LogP contribution in [0.25, 0.3) is 6.08 Å². The predicted octanol–water partition coefficient (Wildman–Crippen LogP) is 2.59. The summed E-state index contributed by atoms with van der Waals surface area (Å²) in [6.45, 7) is 0. The molecule has 1 aliphatic heterocycles. The average molecular weight is 230 g/mol. The molecule has 1 saturated carbocycles. The molecule has 3 rings (SSSR count). The predicted molar refractivity (Wildman–Crippen MR) is 68.0 cm³/mol. The molecule has 0 spiro atoms. The lowest BCUT2D eigenvalue weighted by molar-refractivity contribution is -0.138. The van der Waals surface area contributed by atoms with E-state index < -0.39 is 5.97 Å². The van der Waals surface area contributed by atoms with Gasteiger partial charge in [0.15, 0.2) is 0 Å². The fourth-order valence-corrected chi connectivity index (χ4v) is 1.37. The molecule has 4 nitrogen and oxygen atoms in total. The second-order valence-corrected chi connectivity index (χ2v) is 3.95. The van der Waals surface area contributed by atoms with Gasteiger partial charge in [0.05, 0.1) is 11.6 Å². The SMILES string of the molecule is C1=Cc2ccccc2NN=C1.O=C(O)C1CC1. The molecule has 1 heterocycles. The van der Waals surface area contributed by atoms with E-state index in [0.717, 1.165) is 18.5 Å². The van der Waals surface area contributed by atoms with Gasteiger partial charge in [0, 0.05) is 6.21 Å². The van der Waals surface area contributed by atoms with Crippen LogP contribution in [-0.4, -0.2) is 17.3 Å². The van der Waals surface area contributed by atoms with Crippen molar-refractivity contribution in [2.45, 2.75) is 12.8 Å². The van der Waals surface area contributed by atoms with Gasteiger partial charge in [0.2, 0.25) is 0 Å². The maximum Gasteiger partial charge on any atom is 0.306 e. The Bertz CT molecular complexity index is 462. The highest BCUT2D eigenvalue weighted by Gasteiger charge is 2.28. The quantitative estimate of drug-likeness (QED) is 0.779. The minimum Gasteiger partial charge on any atom is -0.481 e. The standard InChI is InChI=1S/C9H8N2.C4H6O2/c1-2-6-9-8(4-1)5-3-7-10-11-9;5-4(6)3-1-2-3/h1-7,11H;3H,1-2H2,(H,5,6). The Morgan fingerprint density at radius 1 is 1.35 bits per heavy atom. The third kappa shape index (κ3) is 3.45. The van der Waals surface area contributed by atoms with Gasteiger partial charge in [-0.3, -0.25) is 10.2 Å². The van der Waals surface area contributed by atoms with Crippen molar-refractivity contribution in [1.82, 2.24) is 0 Å². The minimum atomic E-state index is -0.630. The van der Waals surface area contributed by atoms with Crippen molar-refractivity contribution in [2.75, 3.05) is 5.43 Å². The molecule has 1 aromatic rings. The van der Waals surface area contributed by atoms with Crippen LogP contribution in [-0.2, 0) is 4.79 Å². The van der Waals surface area contributed by atoms with E-state index >= 15 is 0 Å². The van der Waals surface area contributed by atoms with Gasteiger partial charge in [0.1, 0.15) is 0 Å². The van der Waals surface area contributed by atoms with Crippen LogP contribution < -0.4 is 5.43 Å². The fourth-order valence-electron chi connectivity index (χ4n) is 1.37. The molecule has 0 radical (unpaired) electrons. The molecule has 0 aromatic heterocycles. The summed E-state index contributed by atoms with van der Waals surface area (Å²) in [5, 5.41) is 12.0. The lowest BCUT2D eigenvalue weighted by Gasteiger charge is -2.00. The monoisotopic (exact) mass is 230 g/mol. The fraction of sp³-hybridized carbons (Fsp3) is 0.231. The first-order valence-electron chi connectivity index (χ1n) is 5.55. The number of anilines is 1. The summed E-state index contributed by atoms with van der Waals surface area (Å²) < 4.78 is 0. The molecule has 2 N–H and O–H groups in total. The number of allylic oxidation sites excluding steroid dienone is 1. The number of para-hydroxylation sites is 1. The van der Waals surface area contributed by atoms with Crippen LogP contribution in [0.1, 0.15) is 18.4 Å². The van der Waals surface area contributed by atoms with E-state index in [9.17, 15) is 4.79 Å². The Balaban J connectivity index is 0.000000153. The summed E-state index contributed by atoms with van der Waals surface area (Å²) in [6, 6.07) is 8.05. The van der Waals surface area contributed by atoms with Crippen LogP contribution in [0, 0.1) is 5.92 Å². The van der Waals surface area contributed by atoms with E-state index in [4.69, 9.17) is 5.11 Å². The number of benzene rings is 1. The lowest BCUT2D eigenvalue weighted by atomic mass is 10.2. The minimum absolute atomic E-state index is 0.0185. The van der Waals surface area contributed by atoms with Gasteiger partial charge in [0.25, 0.3) is 0 Å². The van der Waals surface area contributed by atoms with E-state index in [1.807, 2.05) is 36.4 Å². The van der Waals surface area contributed by atoms with Gasteiger partial charge >= 0.3 is 5.97 Å². The number of hydrogen-bond acceptors (Lipinski definition) is 3. The molecule has 1 aliphatic carbocycles. The molecule has 0 amide bonds. The summed E-state index contributed by atoms with van der Waals surface area (Å²) >= 11 is 0. The number of aliphatic carboxylic acids is 1. The first kappa shape index (κ1) is 11.4. The molecule has 88 valence electrons. The summed E-state index contributed by atoms with van der Waals surface area (Å²) in [5.41, 5.74) is 5.16. The summed E-state index contributed by atoms with van der Waals surface area (Å²) in [6.07, 6.45) is 7.47. The van der Waals surface area contributed by atoms with Crippen LogP contribution in [0.15, 0.2) is 35.4 Å². The molecule has 0 bridgehead atoms. The molecule has 1 aromatic carbocycles. The van der Waals surface area contributed by atoms with Gasteiger partial charge in [-0.1, -0.05) is 24.3 Å². The number of nitrogens with zero attached hydrogens (tertiary/aromatic N) is 1. The summed E-state index contributed by atoms with van der Waals surface area (Å²) in [7, 11) is 0. The van der Waals surface area contributed by atoms with Crippen LogP contribution in [0.5, 0.6) is 0 Å². The number of nitrogens with one attached hydrogen (secondary N) is 1. The third-order valence-corrected chi connectivity index (χ3v) is 2.51. The number of fused-ring (bicyclic) bond motifs is 1. The van der Waals surface area contributed by atoms with Gasteiger partial charge in [-0.2, -0.15) is 5.10 Å². The smallest absolute Gasteiger partial charge is 0.306 e. The van der Waals surface area contributed by atoms with Crippen molar-refractivity contribution in [1.29, 1.82) is 0 Å². The zero-order chi connectivity index (χ0) is 12.1. The second-order valence-electron chi connectivity index (χ2n) is 3.95. The number of carboxylic acid groups (broad SMARTS) is 1. The van der Waals surface area contributed by atoms with E-state index in [0.29, 0.717) is 0 Å². The van der Waals surface area contributed by atoms with Gasteiger partial charge in [-0.25, -0.2) is 0 Å². The number of hydrazone groups is 1. The molecule has 0 saturated heterocycles. The van der Waals surface area contributed by atoms with Crippen LogP contribution in [0.4, 0.5) is 5.69 Å². The number of carboxylic acids is 1. The molecular weight excluding hydrogens is 216 g/mol. The molecule has 4 heteroatoms. The molecular formula is C13H14N2O2. The molecule has 2 aliphatic rings. The van der Waals surface area contributed by atoms with Crippen molar-refractivity contribution in [3.8, 4) is 0 Å². The van der Waals surface area contributed by atoms with E-state index in [1.54, 1.807) is 6.21 Å². The largest absolute Gasteiger partial charge is 0.481 e. The Labute approximate surface area is 99.7 Å². The Morgan fingerprint density at radius 3 is 2.76 bits per heavy atom. The zero-order valence-electron chi connectivity index (χ0n) is 9.34. The van der Waals surface area contributed by atoms with Crippen LogP contribution in [0.2, 0.25) is 0 Å². The Morgan fingerprint density at radius 2 is 2.12 bits per heavy atom. The molecule has 0 unspecified atom stereocenters. The van der Waals surface area contributed by atoms with E-state index in [2.05, 4.69) is 10.5 Å². The van der Waals surface area contributed by atoms with Gasteiger partial charge in [-0.15, -0.1) is 0 Å². The van der Waals surface area contributed by atoms with Crippen molar-refractivity contribution < 1.29 is 9.90 Å². The van der Waals surface area contributed by atoms with E-state index in [-0.39, 0.29) is 5.92 Å². The molecule has 0 atom stereocenters. The number of rotatable bonds is 1. The maximum absolute atomic E-state index is 9.76. The molecule has 1 fully saturated rings. The highest BCUT2D eigenvalue weighted by molar-refractivity contribution is 5.83. The third-order valence-electron chi connectivity index (χ3n) is 2.51. The van der Waals surface area contributed by atoms with Gasteiger partial charge < -0.3 is 5.11 Å². The van der Waals surface area contributed by atoms with Crippen LogP contribution >= 0.6 is 0 Å². The first-order chi connectivity index (χ1) is 8.27. The summed E-state index contributed by atoms with van der Waals surface area (Å²) in [5.74, 6) is -0.611. The second kappa shape index (κ2) is 5.30. The topological polar surface area (TPSA) is 61.7 Å². The maximum atomic E-state index is 9.76. The first-order valence-corrected chi connectivity index (χ1v) is 5.55. The molecule has 17 heavy (non-hydrogen) atoms. The Kier molecular flexibility index (Phi) is 3.55. The average Bonchev–Trinajstić information content (AvgIpc) is 3.17. The van der Waals surface area contributed by atoms with Crippen molar-refractivity contribution in [3.05, 3.63) is 35.9 Å². The lowest BCUT2D eigenvalue weighted by Crippen LogP contribution is -1.94. The summed E-state index contributed by atoms with van der Waals surface area (Å²) in [4.78, 5) is 9.76.